The third-order valence-electron chi connectivity index (χ3n) is 4.30. The van der Waals surface area contributed by atoms with Gasteiger partial charge < -0.3 is 14.2 Å². The van der Waals surface area contributed by atoms with Gasteiger partial charge in [-0.3, -0.25) is 15.0 Å². The van der Waals surface area contributed by atoms with Gasteiger partial charge in [0.15, 0.2) is 22.4 Å². The molecule has 2 amide bonds. The number of nitrogens with zero attached hydrogens (tertiary/aromatic N) is 1. The maximum Gasteiger partial charge on any atom is 0.344 e. The molecule has 12 heteroatoms. The lowest BCUT2D eigenvalue weighted by Gasteiger charge is -2.15. The molecule has 0 aliphatic carbocycles. The van der Waals surface area contributed by atoms with Crippen LogP contribution in [0.15, 0.2) is 41.3 Å². The molecule has 8 nitrogen and oxygen atoms in total. The van der Waals surface area contributed by atoms with E-state index in [1.165, 1.54) is 19.2 Å². The minimum Gasteiger partial charge on any atom is -0.493 e. The van der Waals surface area contributed by atoms with Gasteiger partial charge in [0.2, 0.25) is 0 Å². The zero-order valence-corrected chi connectivity index (χ0v) is 21.1. The molecule has 1 saturated heterocycles. The fourth-order valence-electron chi connectivity index (χ4n) is 2.78. The summed E-state index contributed by atoms with van der Waals surface area (Å²) < 4.78 is 15.7. The van der Waals surface area contributed by atoms with Crippen LogP contribution in [0.4, 0.5) is 0 Å². The molecule has 0 aromatic heterocycles. The van der Waals surface area contributed by atoms with Crippen LogP contribution in [-0.2, 0) is 14.3 Å². The number of benzene rings is 2. The van der Waals surface area contributed by atoms with Gasteiger partial charge in [-0.1, -0.05) is 35.0 Å². The van der Waals surface area contributed by atoms with Crippen molar-refractivity contribution in [3.8, 4) is 11.5 Å². The Morgan fingerprint density at radius 3 is 2.56 bits per heavy atom. The summed E-state index contributed by atoms with van der Waals surface area (Å²) in [6.07, 6.45) is 1.55. The summed E-state index contributed by atoms with van der Waals surface area (Å²) in [7, 11) is 1.42. The van der Waals surface area contributed by atoms with Gasteiger partial charge in [0.05, 0.1) is 23.6 Å². The lowest BCUT2D eigenvalue weighted by atomic mass is 10.2. The van der Waals surface area contributed by atoms with Crippen molar-refractivity contribution in [3.63, 3.8) is 0 Å². The SMILES string of the molecule is CCOC(=O)COc1c(Cl)cc(/C=C2\SC(=S)N(NC(=O)c3ccc(Cl)cc3)C2=O)cc1OC. The van der Waals surface area contributed by atoms with Gasteiger partial charge in [0.1, 0.15) is 0 Å². The van der Waals surface area contributed by atoms with Crippen LogP contribution in [-0.4, -0.2) is 47.4 Å². The van der Waals surface area contributed by atoms with E-state index in [-0.39, 0.29) is 39.0 Å². The molecule has 0 unspecified atom stereocenters. The number of thiocarbonyl (C=S) groups is 1. The van der Waals surface area contributed by atoms with E-state index >= 15 is 0 Å². The number of hydrogen-bond acceptors (Lipinski definition) is 8. The van der Waals surface area contributed by atoms with Crippen LogP contribution < -0.4 is 14.9 Å². The lowest BCUT2D eigenvalue weighted by molar-refractivity contribution is -0.145. The van der Waals surface area contributed by atoms with Gasteiger partial charge in [-0.25, -0.2) is 4.79 Å². The van der Waals surface area contributed by atoms with E-state index < -0.39 is 17.8 Å². The molecular weight excluding hydrogens is 523 g/mol. The molecule has 1 fully saturated rings. The van der Waals surface area contributed by atoms with Gasteiger partial charge in [-0.2, -0.15) is 5.01 Å². The van der Waals surface area contributed by atoms with E-state index in [1.54, 1.807) is 37.3 Å². The van der Waals surface area contributed by atoms with Crippen molar-refractivity contribution in [1.29, 1.82) is 0 Å². The Kier molecular flexibility index (Phi) is 8.78. The van der Waals surface area contributed by atoms with Crippen molar-refractivity contribution in [3.05, 3.63) is 62.5 Å². The molecule has 1 heterocycles. The van der Waals surface area contributed by atoms with E-state index in [0.717, 1.165) is 16.8 Å². The summed E-state index contributed by atoms with van der Waals surface area (Å²) in [4.78, 5) is 37.2. The van der Waals surface area contributed by atoms with Crippen LogP contribution >= 0.6 is 47.2 Å². The third kappa shape index (κ3) is 6.20. The van der Waals surface area contributed by atoms with Crippen LogP contribution in [0.5, 0.6) is 11.5 Å². The van der Waals surface area contributed by atoms with E-state index in [9.17, 15) is 14.4 Å². The molecule has 34 heavy (non-hydrogen) atoms. The summed E-state index contributed by atoms with van der Waals surface area (Å²) in [6, 6.07) is 9.33. The number of halogens is 2. The fraction of sp³-hybridized carbons (Fsp3) is 0.182. The highest BCUT2D eigenvalue weighted by Crippen LogP contribution is 2.38. The van der Waals surface area contributed by atoms with Gasteiger partial charge in [0, 0.05) is 10.6 Å². The molecule has 0 radical (unpaired) electrons. The minimum atomic E-state index is -0.547. The van der Waals surface area contributed by atoms with Crippen LogP contribution in [0.25, 0.3) is 6.08 Å². The Hall–Kier alpha value is -2.79. The van der Waals surface area contributed by atoms with E-state index in [1.807, 2.05) is 0 Å². The first-order valence-corrected chi connectivity index (χ1v) is 11.7. The molecule has 1 aliphatic heterocycles. The number of carbonyl (C=O) groups excluding carboxylic acids is 3. The summed E-state index contributed by atoms with van der Waals surface area (Å²) in [5, 5.41) is 1.65. The molecule has 1 aliphatic rings. The largest absolute Gasteiger partial charge is 0.493 e. The number of hydrazine groups is 1. The second-order valence-corrected chi connectivity index (χ2v) is 9.11. The first kappa shape index (κ1) is 25.8. The monoisotopic (exact) mass is 540 g/mol. The number of rotatable bonds is 8. The number of carbonyl (C=O) groups is 3. The first-order valence-electron chi connectivity index (χ1n) is 9.74. The number of ether oxygens (including phenoxy) is 3. The predicted molar refractivity (Wildman–Crippen MR) is 134 cm³/mol. The standard InChI is InChI=1S/C22H18Cl2N2O6S2/c1-3-31-18(27)11-32-19-15(24)8-12(9-16(19)30-2)10-17-21(29)26(22(33)34-17)25-20(28)13-4-6-14(23)7-5-13/h4-10H,3,11H2,1-2H3,(H,25,28)/b17-10-. The number of thioether (sulfide) groups is 1. The Morgan fingerprint density at radius 1 is 1.21 bits per heavy atom. The van der Waals surface area contributed by atoms with Crippen molar-refractivity contribution < 1.29 is 28.6 Å². The number of esters is 1. The molecule has 178 valence electrons. The highest BCUT2D eigenvalue weighted by atomic mass is 35.5. The van der Waals surface area contributed by atoms with Crippen molar-refractivity contribution in [2.45, 2.75) is 6.92 Å². The molecule has 1 N–H and O–H groups in total. The second-order valence-electron chi connectivity index (χ2n) is 6.59. The van der Waals surface area contributed by atoms with Crippen molar-refractivity contribution in [2.24, 2.45) is 0 Å². The Bertz CT molecular complexity index is 1170. The van der Waals surface area contributed by atoms with Crippen molar-refractivity contribution in [2.75, 3.05) is 20.3 Å². The highest BCUT2D eigenvalue weighted by Gasteiger charge is 2.34. The van der Waals surface area contributed by atoms with Crippen molar-refractivity contribution >= 4 is 75.4 Å². The van der Waals surface area contributed by atoms with Gasteiger partial charge in [-0.05, 0) is 67.2 Å². The molecule has 2 aromatic rings. The zero-order valence-electron chi connectivity index (χ0n) is 17.9. The Morgan fingerprint density at radius 2 is 1.91 bits per heavy atom. The van der Waals surface area contributed by atoms with Gasteiger partial charge in [0.25, 0.3) is 11.8 Å². The maximum atomic E-state index is 12.9. The quantitative estimate of drug-likeness (QED) is 0.297. The summed E-state index contributed by atoms with van der Waals surface area (Å²) in [5.41, 5.74) is 3.33. The molecule has 3 rings (SSSR count). The van der Waals surface area contributed by atoms with Crippen LogP contribution in [0.2, 0.25) is 10.0 Å². The van der Waals surface area contributed by atoms with Gasteiger partial charge in [-0.15, -0.1) is 0 Å². The summed E-state index contributed by atoms with van der Waals surface area (Å²) in [6.45, 7) is 1.57. The molecular formula is C22H18Cl2N2O6S2. The summed E-state index contributed by atoms with van der Waals surface area (Å²) in [5.74, 6) is -1.14. The Balaban J connectivity index is 1.77. The van der Waals surface area contributed by atoms with Crippen LogP contribution in [0, 0.1) is 0 Å². The zero-order chi connectivity index (χ0) is 24.8. The smallest absolute Gasteiger partial charge is 0.344 e. The molecule has 2 aromatic carbocycles. The minimum absolute atomic E-state index is 0.158. The van der Waals surface area contributed by atoms with E-state index in [4.69, 9.17) is 49.6 Å². The van der Waals surface area contributed by atoms with Crippen molar-refractivity contribution in [1.82, 2.24) is 10.4 Å². The average molecular weight is 541 g/mol. The Labute approximate surface area is 215 Å². The van der Waals surface area contributed by atoms with E-state index in [0.29, 0.717) is 16.1 Å². The van der Waals surface area contributed by atoms with Gasteiger partial charge >= 0.3 is 5.97 Å². The maximum absolute atomic E-state index is 12.9. The summed E-state index contributed by atoms with van der Waals surface area (Å²) >= 11 is 18.4. The second kappa shape index (κ2) is 11.6. The molecule has 0 saturated carbocycles. The predicted octanol–water partition coefficient (Wildman–Crippen LogP) is 4.49. The van der Waals surface area contributed by atoms with Crippen LogP contribution in [0.3, 0.4) is 0 Å². The van der Waals surface area contributed by atoms with Crippen LogP contribution in [0.1, 0.15) is 22.8 Å². The molecule has 0 spiro atoms. The van der Waals surface area contributed by atoms with E-state index in [2.05, 4.69) is 5.43 Å². The normalized spacial score (nSPS) is 14.4. The highest BCUT2D eigenvalue weighted by molar-refractivity contribution is 8.26. The number of amides is 2. The lowest BCUT2D eigenvalue weighted by Crippen LogP contribution is -2.44. The topological polar surface area (TPSA) is 94.2 Å². The molecule has 0 atom stereocenters. The number of nitrogens with one attached hydrogen (secondary N) is 1. The fourth-order valence-corrected chi connectivity index (χ4v) is 4.36. The third-order valence-corrected chi connectivity index (χ3v) is 6.14. The number of hydrogen-bond donors (Lipinski definition) is 1. The first-order chi connectivity index (χ1) is 16.2. The number of methoxy groups -OCH3 is 1. The molecule has 0 bridgehead atoms. The average Bonchev–Trinajstić information content (AvgIpc) is 3.05.